The average molecular weight is 387 g/mol. The van der Waals surface area contributed by atoms with E-state index in [4.69, 9.17) is 9.47 Å². The van der Waals surface area contributed by atoms with Crippen molar-refractivity contribution in [2.24, 2.45) is 0 Å². The summed E-state index contributed by atoms with van der Waals surface area (Å²) in [6, 6.07) is 21.6. The molecule has 0 aliphatic carbocycles. The van der Waals surface area contributed by atoms with Gasteiger partial charge in [-0.25, -0.2) is 4.79 Å². The molecule has 0 aromatic heterocycles. The lowest BCUT2D eigenvalue weighted by Gasteiger charge is -2.09. The summed E-state index contributed by atoms with van der Waals surface area (Å²) in [5, 5.41) is 2.94. The number of carbonyl (C=O) groups is 2. The van der Waals surface area contributed by atoms with Crippen molar-refractivity contribution in [1.82, 2.24) is 0 Å². The fourth-order valence-corrected chi connectivity index (χ4v) is 2.73. The fourth-order valence-electron chi connectivity index (χ4n) is 2.73. The molecule has 0 radical (unpaired) electrons. The number of hydrogen-bond donors (Lipinski definition) is 1. The normalized spacial score (nSPS) is 10.6. The van der Waals surface area contributed by atoms with E-state index in [1.54, 1.807) is 43.5 Å². The highest BCUT2D eigenvalue weighted by Crippen LogP contribution is 2.20. The summed E-state index contributed by atoms with van der Waals surface area (Å²) in [5.74, 6) is 0.131. The molecule has 1 amide bonds. The lowest BCUT2D eigenvalue weighted by molar-refractivity contribution is 0.0600. The number of amides is 1. The van der Waals surface area contributed by atoms with Gasteiger partial charge in [-0.2, -0.15) is 0 Å². The van der Waals surface area contributed by atoms with Crippen molar-refractivity contribution in [3.05, 3.63) is 95.1 Å². The molecule has 3 rings (SSSR count). The lowest BCUT2D eigenvalue weighted by atomic mass is 10.1. The molecular weight excluding hydrogens is 366 g/mol. The maximum atomic E-state index is 12.6. The average Bonchev–Trinajstić information content (AvgIpc) is 2.78. The monoisotopic (exact) mass is 387 g/mol. The molecule has 3 aromatic rings. The van der Waals surface area contributed by atoms with E-state index in [0.717, 1.165) is 11.1 Å². The first kappa shape index (κ1) is 19.9. The molecule has 0 unspecified atom stereocenters. The summed E-state index contributed by atoms with van der Waals surface area (Å²) >= 11 is 0. The Morgan fingerprint density at radius 1 is 0.793 bits per heavy atom. The van der Waals surface area contributed by atoms with Gasteiger partial charge in [0.25, 0.3) is 5.91 Å². The standard InChI is InChI=1S/C24H21NO4/c1-28-21-15-13-19(14-16-21)23(26)25-22-6-4-3-5-18(22)10-7-17-8-11-20(12-9-17)24(27)29-2/h3-16H,1-2H3,(H,25,26)/b10-7+. The molecule has 0 atom stereocenters. The Hall–Kier alpha value is -3.86. The number of carbonyl (C=O) groups excluding carboxylic acids is 2. The number of methoxy groups -OCH3 is 2. The topological polar surface area (TPSA) is 64.6 Å². The first-order chi connectivity index (χ1) is 14.1. The number of anilines is 1. The van der Waals surface area contributed by atoms with Gasteiger partial charge >= 0.3 is 5.97 Å². The number of benzene rings is 3. The van der Waals surface area contributed by atoms with Crippen LogP contribution in [0.15, 0.2) is 72.8 Å². The van der Waals surface area contributed by atoms with Gasteiger partial charge in [0.05, 0.1) is 19.8 Å². The number of esters is 1. The lowest BCUT2D eigenvalue weighted by Crippen LogP contribution is -2.12. The van der Waals surface area contributed by atoms with Crippen LogP contribution in [0.5, 0.6) is 5.75 Å². The third-order valence-corrected chi connectivity index (χ3v) is 4.35. The van der Waals surface area contributed by atoms with E-state index < -0.39 is 0 Å². The van der Waals surface area contributed by atoms with Gasteiger partial charge in [0, 0.05) is 11.3 Å². The Morgan fingerprint density at radius 2 is 1.45 bits per heavy atom. The molecule has 5 heteroatoms. The molecule has 0 saturated heterocycles. The summed E-state index contributed by atoms with van der Waals surface area (Å²) in [6.07, 6.45) is 3.83. The van der Waals surface area contributed by atoms with Crippen LogP contribution < -0.4 is 10.1 Å². The van der Waals surface area contributed by atoms with Crippen molar-refractivity contribution in [2.75, 3.05) is 19.5 Å². The van der Waals surface area contributed by atoms with Gasteiger partial charge in [-0.3, -0.25) is 4.79 Å². The molecule has 0 fully saturated rings. The van der Waals surface area contributed by atoms with Crippen LogP contribution in [0.3, 0.4) is 0 Å². The molecule has 0 bridgehead atoms. The second-order valence-corrected chi connectivity index (χ2v) is 6.22. The van der Waals surface area contributed by atoms with Crippen molar-refractivity contribution >= 4 is 29.7 Å². The third kappa shape index (κ3) is 5.11. The highest BCUT2D eigenvalue weighted by molar-refractivity contribution is 6.05. The van der Waals surface area contributed by atoms with Crippen molar-refractivity contribution < 1.29 is 19.1 Å². The van der Waals surface area contributed by atoms with Crippen molar-refractivity contribution in [1.29, 1.82) is 0 Å². The molecule has 0 aliphatic heterocycles. The number of nitrogens with one attached hydrogen (secondary N) is 1. The summed E-state index contributed by atoms with van der Waals surface area (Å²) in [5.41, 5.74) is 3.54. The number of hydrogen-bond acceptors (Lipinski definition) is 4. The zero-order valence-electron chi connectivity index (χ0n) is 16.2. The summed E-state index contributed by atoms with van der Waals surface area (Å²) in [7, 11) is 2.94. The largest absolute Gasteiger partial charge is 0.497 e. The number of ether oxygens (including phenoxy) is 2. The van der Waals surface area contributed by atoms with E-state index in [0.29, 0.717) is 22.6 Å². The Balaban J connectivity index is 1.75. The second-order valence-electron chi connectivity index (χ2n) is 6.22. The van der Waals surface area contributed by atoms with Crippen molar-refractivity contribution in [2.45, 2.75) is 0 Å². The van der Waals surface area contributed by atoms with Crippen LogP contribution in [0.1, 0.15) is 31.8 Å². The molecule has 0 heterocycles. The molecular formula is C24H21NO4. The van der Waals surface area contributed by atoms with Gasteiger partial charge in [-0.1, -0.05) is 42.5 Å². The van der Waals surface area contributed by atoms with E-state index in [2.05, 4.69) is 5.32 Å². The second kappa shape index (κ2) is 9.37. The highest BCUT2D eigenvalue weighted by atomic mass is 16.5. The quantitative estimate of drug-likeness (QED) is 0.482. The minimum Gasteiger partial charge on any atom is -0.497 e. The van der Waals surface area contributed by atoms with Crippen molar-refractivity contribution in [3.63, 3.8) is 0 Å². The van der Waals surface area contributed by atoms with Gasteiger partial charge in [-0.15, -0.1) is 0 Å². The maximum absolute atomic E-state index is 12.6. The number of rotatable bonds is 6. The van der Waals surface area contributed by atoms with Crippen LogP contribution in [0.4, 0.5) is 5.69 Å². The van der Waals surface area contributed by atoms with E-state index >= 15 is 0 Å². The zero-order valence-corrected chi connectivity index (χ0v) is 16.2. The first-order valence-electron chi connectivity index (χ1n) is 9.01. The Bertz CT molecular complexity index is 1020. The van der Waals surface area contributed by atoms with Crippen LogP contribution in [0, 0.1) is 0 Å². The summed E-state index contributed by atoms with van der Waals surface area (Å²) in [6.45, 7) is 0. The van der Waals surface area contributed by atoms with Crippen molar-refractivity contribution in [3.8, 4) is 5.75 Å². The molecule has 0 aliphatic rings. The van der Waals surface area contributed by atoms with Gasteiger partial charge in [0.2, 0.25) is 0 Å². The summed E-state index contributed by atoms with van der Waals surface area (Å²) < 4.78 is 9.82. The van der Waals surface area contributed by atoms with E-state index in [9.17, 15) is 9.59 Å². The first-order valence-corrected chi connectivity index (χ1v) is 9.01. The predicted molar refractivity (Wildman–Crippen MR) is 114 cm³/mol. The Labute approximate surface area is 169 Å². The Morgan fingerprint density at radius 3 is 2.10 bits per heavy atom. The smallest absolute Gasteiger partial charge is 0.337 e. The predicted octanol–water partition coefficient (Wildman–Crippen LogP) is 4.90. The molecule has 0 spiro atoms. The minimum absolute atomic E-state index is 0.198. The minimum atomic E-state index is -0.368. The van der Waals surface area contributed by atoms with Crippen LogP contribution >= 0.6 is 0 Å². The van der Waals surface area contributed by atoms with Gasteiger partial charge in [-0.05, 0) is 53.6 Å². The third-order valence-electron chi connectivity index (χ3n) is 4.35. The van der Waals surface area contributed by atoms with Gasteiger partial charge in [0.1, 0.15) is 5.75 Å². The Kier molecular flexibility index (Phi) is 6.43. The zero-order chi connectivity index (χ0) is 20.6. The maximum Gasteiger partial charge on any atom is 0.337 e. The molecule has 146 valence electrons. The van der Waals surface area contributed by atoms with Gasteiger partial charge in [0.15, 0.2) is 0 Å². The van der Waals surface area contributed by atoms with E-state index in [1.165, 1.54) is 7.11 Å². The van der Waals surface area contributed by atoms with Crippen LogP contribution in [-0.2, 0) is 4.74 Å². The molecule has 1 N–H and O–H groups in total. The SMILES string of the molecule is COC(=O)c1ccc(/C=C/c2ccccc2NC(=O)c2ccc(OC)cc2)cc1. The molecule has 5 nitrogen and oxygen atoms in total. The summed E-state index contributed by atoms with van der Waals surface area (Å²) in [4.78, 5) is 24.1. The van der Waals surface area contributed by atoms with E-state index in [1.807, 2.05) is 48.6 Å². The molecule has 3 aromatic carbocycles. The molecule has 29 heavy (non-hydrogen) atoms. The number of para-hydroxylation sites is 1. The van der Waals surface area contributed by atoms with Crippen LogP contribution in [0.25, 0.3) is 12.2 Å². The van der Waals surface area contributed by atoms with E-state index in [-0.39, 0.29) is 11.9 Å². The van der Waals surface area contributed by atoms with Crippen LogP contribution in [0.2, 0.25) is 0 Å². The highest BCUT2D eigenvalue weighted by Gasteiger charge is 2.08. The van der Waals surface area contributed by atoms with Crippen LogP contribution in [-0.4, -0.2) is 26.1 Å². The fraction of sp³-hybridized carbons (Fsp3) is 0.0833. The van der Waals surface area contributed by atoms with Gasteiger partial charge < -0.3 is 14.8 Å². The molecule has 0 saturated carbocycles.